The van der Waals surface area contributed by atoms with E-state index in [1.54, 1.807) is 4.90 Å². The first-order valence-electron chi connectivity index (χ1n) is 14.6. The minimum Gasteiger partial charge on any atom is -0.481 e. The van der Waals surface area contributed by atoms with Gasteiger partial charge in [-0.15, -0.1) is 0 Å². The van der Waals surface area contributed by atoms with Crippen molar-refractivity contribution in [3.05, 3.63) is 57.6 Å². The molecule has 3 saturated heterocycles. The van der Waals surface area contributed by atoms with E-state index in [1.807, 2.05) is 37.8 Å². The summed E-state index contributed by atoms with van der Waals surface area (Å²) in [7, 11) is 0. The molecule has 1 aromatic heterocycles. The van der Waals surface area contributed by atoms with E-state index in [1.165, 1.54) is 6.33 Å². The predicted molar refractivity (Wildman–Crippen MR) is 156 cm³/mol. The van der Waals surface area contributed by atoms with Crippen molar-refractivity contribution in [1.82, 2.24) is 24.7 Å². The van der Waals surface area contributed by atoms with Crippen LogP contribution in [0.15, 0.2) is 24.5 Å². The van der Waals surface area contributed by atoms with Crippen LogP contribution in [0.4, 0.5) is 0 Å². The van der Waals surface area contributed by atoms with Crippen LogP contribution in [0.3, 0.4) is 0 Å². The lowest BCUT2D eigenvalue weighted by Crippen LogP contribution is -2.53. The Hall–Kier alpha value is -3.37. The summed E-state index contributed by atoms with van der Waals surface area (Å²) in [6.45, 7) is 9.41. The van der Waals surface area contributed by atoms with Gasteiger partial charge in [0, 0.05) is 63.2 Å². The summed E-state index contributed by atoms with van der Waals surface area (Å²) in [6.07, 6.45) is 2.29. The molecule has 42 heavy (non-hydrogen) atoms. The Morgan fingerprint density at radius 1 is 0.905 bits per heavy atom. The second-order valence-corrected chi connectivity index (χ2v) is 12.4. The molecule has 0 radical (unpaired) electrons. The number of nitrogens with zero attached hydrogens (tertiary/aromatic N) is 5. The van der Waals surface area contributed by atoms with Gasteiger partial charge in [0.1, 0.15) is 12.1 Å². The fourth-order valence-electron chi connectivity index (χ4n) is 6.63. The molecule has 0 aliphatic carbocycles. The van der Waals surface area contributed by atoms with Gasteiger partial charge in [-0.2, -0.15) is 0 Å². The molecular formula is C31H38ClN5O5. The van der Waals surface area contributed by atoms with Crippen molar-refractivity contribution in [3.63, 3.8) is 0 Å². The molecular weight excluding hydrogens is 558 g/mol. The van der Waals surface area contributed by atoms with Crippen LogP contribution in [0.2, 0.25) is 5.02 Å². The Labute approximate surface area is 251 Å². The van der Waals surface area contributed by atoms with Gasteiger partial charge in [-0.25, -0.2) is 9.97 Å². The standard InChI is InChI=1S/C31H38ClN5O5/c1-18-4-5-21(10-25(18)32)26(6-7-27(38)24-15-36(16-24)28(39)8-9-29(40)41)35-11-22-13-37(14-23(22)12-35)31(42)30-19(2)33-17-34-20(30)3/h4-5,10,17,22-24,26H,6-9,11-16H2,1-3H3,(H,40,41). The van der Waals surface area contributed by atoms with E-state index in [0.717, 1.165) is 24.2 Å². The molecule has 0 bridgehead atoms. The lowest BCUT2D eigenvalue weighted by Gasteiger charge is -2.39. The summed E-state index contributed by atoms with van der Waals surface area (Å²) in [6, 6.07) is 6.13. The Morgan fingerprint density at radius 2 is 1.55 bits per heavy atom. The number of aryl methyl sites for hydroxylation is 3. The summed E-state index contributed by atoms with van der Waals surface area (Å²) >= 11 is 6.52. The van der Waals surface area contributed by atoms with Gasteiger partial charge in [-0.1, -0.05) is 23.7 Å². The normalized spacial score (nSPS) is 21.2. The van der Waals surface area contributed by atoms with E-state index in [-0.39, 0.29) is 42.4 Å². The maximum atomic E-state index is 13.4. The number of Topliss-reactive ketones (excluding diaryl/α,β-unsaturated/α-hetero) is 1. The smallest absolute Gasteiger partial charge is 0.303 e. The first-order valence-corrected chi connectivity index (χ1v) is 15.0. The quantitative estimate of drug-likeness (QED) is 0.443. The molecule has 2 aromatic rings. The number of rotatable bonds is 10. The number of ketones is 1. The number of aromatic nitrogens is 2. The lowest BCUT2D eigenvalue weighted by molar-refractivity contribution is -0.146. The second kappa shape index (κ2) is 12.5. The number of amides is 2. The molecule has 0 spiro atoms. The van der Waals surface area contributed by atoms with Gasteiger partial charge in [-0.3, -0.25) is 24.1 Å². The summed E-state index contributed by atoms with van der Waals surface area (Å²) < 4.78 is 0. The van der Waals surface area contributed by atoms with Crippen LogP contribution in [0, 0.1) is 38.5 Å². The summed E-state index contributed by atoms with van der Waals surface area (Å²) in [5.41, 5.74) is 4.08. The summed E-state index contributed by atoms with van der Waals surface area (Å²) in [4.78, 5) is 63.8. The molecule has 3 unspecified atom stereocenters. The Balaban J connectivity index is 1.21. The number of hydrogen-bond donors (Lipinski definition) is 1. The highest BCUT2D eigenvalue weighted by molar-refractivity contribution is 6.31. The monoisotopic (exact) mass is 595 g/mol. The number of hydrogen-bond acceptors (Lipinski definition) is 7. The van der Waals surface area contributed by atoms with E-state index < -0.39 is 5.97 Å². The molecule has 3 aliphatic heterocycles. The molecule has 0 saturated carbocycles. The molecule has 3 fully saturated rings. The van der Waals surface area contributed by atoms with Crippen LogP contribution >= 0.6 is 11.6 Å². The highest BCUT2D eigenvalue weighted by Gasteiger charge is 2.44. The molecule has 3 atom stereocenters. The van der Waals surface area contributed by atoms with Crippen LogP contribution in [0.25, 0.3) is 0 Å². The van der Waals surface area contributed by atoms with Crippen molar-refractivity contribution in [2.45, 2.75) is 52.5 Å². The zero-order valence-electron chi connectivity index (χ0n) is 24.4. The van der Waals surface area contributed by atoms with Crippen molar-refractivity contribution in [2.24, 2.45) is 17.8 Å². The molecule has 3 aliphatic rings. The zero-order chi connectivity index (χ0) is 30.1. The number of likely N-dealkylation sites (tertiary alicyclic amines) is 3. The first kappa shape index (κ1) is 30.1. The number of aliphatic carboxylic acids is 1. The van der Waals surface area contributed by atoms with Crippen molar-refractivity contribution in [1.29, 1.82) is 0 Å². The minimum absolute atomic E-state index is 0.00463. The van der Waals surface area contributed by atoms with Crippen molar-refractivity contribution < 1.29 is 24.3 Å². The van der Waals surface area contributed by atoms with Gasteiger partial charge in [-0.05, 0) is 56.2 Å². The van der Waals surface area contributed by atoms with E-state index in [4.69, 9.17) is 16.7 Å². The number of carboxylic acid groups (broad SMARTS) is 1. The van der Waals surface area contributed by atoms with Gasteiger partial charge in [0.05, 0.1) is 29.3 Å². The van der Waals surface area contributed by atoms with Crippen LogP contribution in [-0.4, -0.2) is 92.6 Å². The van der Waals surface area contributed by atoms with Gasteiger partial charge in [0.25, 0.3) is 5.91 Å². The maximum Gasteiger partial charge on any atom is 0.303 e. The van der Waals surface area contributed by atoms with E-state index in [2.05, 4.69) is 20.9 Å². The topological polar surface area (TPSA) is 124 Å². The van der Waals surface area contributed by atoms with Gasteiger partial charge in [0.15, 0.2) is 0 Å². The van der Waals surface area contributed by atoms with Crippen LogP contribution < -0.4 is 0 Å². The van der Waals surface area contributed by atoms with Gasteiger partial charge in [0.2, 0.25) is 5.91 Å². The Kier molecular flexibility index (Phi) is 8.94. The molecule has 1 aromatic carbocycles. The molecule has 5 rings (SSSR count). The van der Waals surface area contributed by atoms with Crippen molar-refractivity contribution >= 4 is 35.2 Å². The Bertz CT molecular complexity index is 1360. The zero-order valence-corrected chi connectivity index (χ0v) is 25.1. The number of fused-ring (bicyclic) bond motifs is 1. The molecule has 11 heteroatoms. The number of carbonyl (C=O) groups is 4. The molecule has 2 amide bonds. The number of benzene rings is 1. The lowest BCUT2D eigenvalue weighted by atomic mass is 9.89. The third-order valence-electron chi connectivity index (χ3n) is 9.17. The summed E-state index contributed by atoms with van der Waals surface area (Å²) in [5, 5.41) is 9.51. The number of carboxylic acids is 1. The minimum atomic E-state index is -1.000. The number of halogens is 1. The van der Waals surface area contributed by atoms with Crippen LogP contribution in [-0.2, 0) is 14.4 Å². The number of carbonyl (C=O) groups excluding carboxylic acids is 3. The van der Waals surface area contributed by atoms with E-state index >= 15 is 0 Å². The third kappa shape index (κ3) is 6.34. The average Bonchev–Trinajstić information content (AvgIpc) is 3.48. The molecule has 4 heterocycles. The highest BCUT2D eigenvalue weighted by Crippen LogP contribution is 2.39. The van der Waals surface area contributed by atoms with E-state index in [0.29, 0.717) is 72.8 Å². The van der Waals surface area contributed by atoms with Crippen LogP contribution in [0.5, 0.6) is 0 Å². The van der Waals surface area contributed by atoms with Crippen molar-refractivity contribution in [2.75, 3.05) is 39.3 Å². The third-order valence-corrected chi connectivity index (χ3v) is 9.58. The first-order chi connectivity index (χ1) is 20.0. The van der Waals surface area contributed by atoms with Gasteiger partial charge < -0.3 is 14.9 Å². The molecule has 1 N–H and O–H groups in total. The van der Waals surface area contributed by atoms with E-state index in [9.17, 15) is 19.2 Å². The fourth-order valence-corrected chi connectivity index (χ4v) is 6.82. The fraction of sp³-hybridized carbons (Fsp3) is 0.548. The average molecular weight is 596 g/mol. The largest absolute Gasteiger partial charge is 0.481 e. The van der Waals surface area contributed by atoms with Crippen molar-refractivity contribution in [3.8, 4) is 0 Å². The SMILES string of the molecule is Cc1ccc(C(CCC(=O)C2CN(C(=O)CCC(=O)O)C2)N2CC3CN(C(=O)c4c(C)ncnc4C)CC3C2)cc1Cl. The maximum absolute atomic E-state index is 13.4. The molecule has 224 valence electrons. The van der Waals surface area contributed by atoms with Gasteiger partial charge >= 0.3 is 5.97 Å². The second-order valence-electron chi connectivity index (χ2n) is 12.0. The predicted octanol–water partition coefficient (Wildman–Crippen LogP) is 3.47. The Morgan fingerprint density at radius 3 is 2.14 bits per heavy atom. The highest BCUT2D eigenvalue weighted by atomic mass is 35.5. The summed E-state index contributed by atoms with van der Waals surface area (Å²) in [5.74, 6) is -0.601. The van der Waals surface area contributed by atoms with Crippen LogP contribution in [0.1, 0.15) is 64.6 Å². The molecule has 10 nitrogen and oxygen atoms in total.